The smallest absolute Gasteiger partial charge is 0.0415 e. The highest BCUT2D eigenvalue weighted by molar-refractivity contribution is 7.19. The fraction of sp³-hybridized carbons (Fsp3) is 0.300. The van der Waals surface area contributed by atoms with Crippen molar-refractivity contribution in [1.82, 2.24) is 5.32 Å². The van der Waals surface area contributed by atoms with Crippen LogP contribution in [0.25, 0.3) is 21.2 Å². The molecule has 0 amide bonds. The molecule has 1 aliphatic rings. The lowest BCUT2D eigenvalue weighted by molar-refractivity contribution is 0.507. The Balaban J connectivity index is 0.00000144. The van der Waals surface area contributed by atoms with Crippen molar-refractivity contribution in [3.05, 3.63) is 59.0 Å². The van der Waals surface area contributed by atoms with Gasteiger partial charge in [0.25, 0.3) is 0 Å². The Kier molecular flexibility index (Phi) is 4.32. The summed E-state index contributed by atoms with van der Waals surface area (Å²) >= 11 is 1.97. The molecule has 1 aliphatic carbocycles. The van der Waals surface area contributed by atoms with Gasteiger partial charge in [-0.25, -0.2) is 0 Å². The molecule has 4 rings (SSSR count). The highest BCUT2D eigenvalue weighted by atomic mass is 32.1. The van der Waals surface area contributed by atoms with E-state index in [4.69, 9.17) is 0 Å². The van der Waals surface area contributed by atoms with Crippen LogP contribution in [0.3, 0.4) is 0 Å². The molecule has 1 heterocycles. The molecule has 2 aromatic carbocycles. The van der Waals surface area contributed by atoms with Crippen molar-refractivity contribution in [2.75, 3.05) is 7.05 Å². The van der Waals surface area contributed by atoms with Gasteiger partial charge in [0.05, 0.1) is 0 Å². The molecule has 1 nitrogen and oxygen atoms in total. The number of aryl methyl sites for hydroxylation is 1. The Hall–Kier alpha value is -1.64. The molecule has 3 aromatic rings. The van der Waals surface area contributed by atoms with Crippen molar-refractivity contribution in [3.63, 3.8) is 0 Å². The van der Waals surface area contributed by atoms with Gasteiger partial charge in [-0.1, -0.05) is 43.8 Å². The number of hydrogen-bond donors (Lipinski definition) is 1. The lowest BCUT2D eigenvalue weighted by Crippen LogP contribution is -2.19. The molecule has 2 heteroatoms. The van der Waals surface area contributed by atoms with Gasteiger partial charge in [-0.05, 0) is 60.5 Å². The maximum atomic E-state index is 3.48. The normalized spacial score (nSPS) is 17.0. The van der Waals surface area contributed by atoms with Crippen LogP contribution in [0.5, 0.6) is 0 Å². The van der Waals surface area contributed by atoms with Gasteiger partial charge in [0.1, 0.15) is 0 Å². The standard InChI is InChI=1S/C19H19NS.CH4/c1-20-17-9-5-8-15-16-12-14(13-6-3-2-4-7-13)10-11-18(16)21-19(15)17;/h2-4,6-7,10-12,17,20H,5,8-9H2,1H3;1H4. The first-order valence-electron chi connectivity index (χ1n) is 7.65. The van der Waals surface area contributed by atoms with Crippen LogP contribution < -0.4 is 5.32 Å². The fourth-order valence-corrected chi connectivity index (χ4v) is 4.78. The van der Waals surface area contributed by atoms with Crippen LogP contribution in [-0.4, -0.2) is 7.05 Å². The van der Waals surface area contributed by atoms with Gasteiger partial charge in [0.2, 0.25) is 0 Å². The van der Waals surface area contributed by atoms with Gasteiger partial charge >= 0.3 is 0 Å². The van der Waals surface area contributed by atoms with Crippen LogP contribution in [0.15, 0.2) is 48.5 Å². The Bertz CT molecular complexity index is 773. The topological polar surface area (TPSA) is 12.0 Å². The van der Waals surface area contributed by atoms with Crippen LogP contribution in [0.1, 0.15) is 36.8 Å². The molecule has 1 aromatic heterocycles. The van der Waals surface area contributed by atoms with Gasteiger partial charge in [-0.3, -0.25) is 0 Å². The summed E-state index contributed by atoms with van der Waals surface area (Å²) in [5, 5.41) is 4.95. The molecule has 114 valence electrons. The third-order valence-electron chi connectivity index (χ3n) is 4.51. The van der Waals surface area contributed by atoms with Crippen molar-refractivity contribution in [1.29, 1.82) is 0 Å². The van der Waals surface area contributed by atoms with E-state index in [1.165, 1.54) is 40.5 Å². The van der Waals surface area contributed by atoms with Crippen molar-refractivity contribution in [2.45, 2.75) is 32.7 Å². The summed E-state index contributed by atoms with van der Waals surface area (Å²) in [7, 11) is 2.08. The predicted molar refractivity (Wildman–Crippen MR) is 98.7 cm³/mol. The fourth-order valence-electron chi connectivity index (χ4n) is 3.41. The first-order valence-corrected chi connectivity index (χ1v) is 8.46. The number of fused-ring (bicyclic) bond motifs is 3. The Morgan fingerprint density at radius 3 is 2.64 bits per heavy atom. The van der Waals surface area contributed by atoms with Crippen LogP contribution >= 0.6 is 11.3 Å². The molecule has 0 spiro atoms. The average molecular weight is 309 g/mol. The van der Waals surface area contributed by atoms with Gasteiger partial charge in [-0.15, -0.1) is 11.3 Å². The molecule has 0 radical (unpaired) electrons. The molecule has 0 saturated heterocycles. The number of nitrogens with one attached hydrogen (secondary N) is 1. The molecule has 1 N–H and O–H groups in total. The van der Waals surface area contributed by atoms with E-state index in [1.807, 2.05) is 11.3 Å². The summed E-state index contributed by atoms with van der Waals surface area (Å²) in [5.74, 6) is 0. The van der Waals surface area contributed by atoms with Crippen LogP contribution in [0, 0.1) is 0 Å². The molecule has 0 bridgehead atoms. The van der Waals surface area contributed by atoms with E-state index in [0.29, 0.717) is 6.04 Å². The van der Waals surface area contributed by atoms with Crippen molar-refractivity contribution in [3.8, 4) is 11.1 Å². The van der Waals surface area contributed by atoms with E-state index in [-0.39, 0.29) is 7.43 Å². The zero-order valence-corrected chi connectivity index (χ0v) is 13.0. The highest BCUT2D eigenvalue weighted by Gasteiger charge is 2.23. The average Bonchev–Trinajstić information content (AvgIpc) is 2.93. The maximum absolute atomic E-state index is 3.48. The molecule has 0 saturated carbocycles. The van der Waals surface area contributed by atoms with E-state index in [9.17, 15) is 0 Å². The SMILES string of the molecule is C.CNC1CCCc2c1sc1ccc(-c3ccccc3)cc21. The van der Waals surface area contributed by atoms with E-state index >= 15 is 0 Å². The second-order valence-electron chi connectivity index (χ2n) is 5.76. The summed E-state index contributed by atoms with van der Waals surface area (Å²) in [5.41, 5.74) is 4.22. The first-order chi connectivity index (χ1) is 10.4. The third kappa shape index (κ3) is 2.47. The van der Waals surface area contributed by atoms with Gasteiger partial charge in [-0.2, -0.15) is 0 Å². The second kappa shape index (κ2) is 6.23. The minimum Gasteiger partial charge on any atom is -0.312 e. The zero-order valence-electron chi connectivity index (χ0n) is 12.2. The first kappa shape index (κ1) is 15.3. The quantitative estimate of drug-likeness (QED) is 0.630. The van der Waals surface area contributed by atoms with Gasteiger partial charge in [0.15, 0.2) is 0 Å². The van der Waals surface area contributed by atoms with Crippen molar-refractivity contribution in [2.24, 2.45) is 0 Å². The minimum atomic E-state index is 0. The summed E-state index contributed by atoms with van der Waals surface area (Å²) in [6.45, 7) is 0. The molecule has 1 unspecified atom stereocenters. The monoisotopic (exact) mass is 309 g/mol. The van der Waals surface area contributed by atoms with Gasteiger partial charge < -0.3 is 5.32 Å². The Morgan fingerprint density at radius 1 is 1.05 bits per heavy atom. The summed E-state index contributed by atoms with van der Waals surface area (Å²) < 4.78 is 1.43. The number of benzene rings is 2. The van der Waals surface area contributed by atoms with E-state index in [1.54, 1.807) is 10.4 Å². The molecular formula is C20H23NS. The van der Waals surface area contributed by atoms with Crippen LogP contribution in [-0.2, 0) is 6.42 Å². The number of rotatable bonds is 2. The largest absolute Gasteiger partial charge is 0.312 e. The van der Waals surface area contributed by atoms with Crippen molar-refractivity contribution >= 4 is 21.4 Å². The summed E-state index contributed by atoms with van der Waals surface area (Å²) in [6.07, 6.45) is 3.79. The van der Waals surface area contributed by atoms with Crippen molar-refractivity contribution < 1.29 is 0 Å². The highest BCUT2D eigenvalue weighted by Crippen LogP contribution is 2.42. The van der Waals surface area contributed by atoms with E-state index in [2.05, 4.69) is 60.9 Å². The van der Waals surface area contributed by atoms with E-state index in [0.717, 1.165) is 0 Å². The second-order valence-corrected chi connectivity index (χ2v) is 6.84. The van der Waals surface area contributed by atoms with Gasteiger partial charge in [0, 0.05) is 15.6 Å². The number of hydrogen-bond acceptors (Lipinski definition) is 2. The lowest BCUT2D eigenvalue weighted by atomic mass is 9.91. The Morgan fingerprint density at radius 2 is 1.86 bits per heavy atom. The molecule has 0 fully saturated rings. The molecule has 1 atom stereocenters. The Labute approximate surface area is 137 Å². The predicted octanol–water partition coefficient (Wildman–Crippen LogP) is 5.80. The molecule has 22 heavy (non-hydrogen) atoms. The van der Waals surface area contributed by atoms with Crippen LogP contribution in [0.4, 0.5) is 0 Å². The molecule has 0 aliphatic heterocycles. The van der Waals surface area contributed by atoms with E-state index < -0.39 is 0 Å². The third-order valence-corrected chi connectivity index (χ3v) is 5.84. The summed E-state index contributed by atoms with van der Waals surface area (Å²) in [4.78, 5) is 1.56. The van der Waals surface area contributed by atoms with Crippen LogP contribution in [0.2, 0.25) is 0 Å². The lowest BCUT2D eigenvalue weighted by Gasteiger charge is -2.21. The summed E-state index contributed by atoms with van der Waals surface area (Å²) in [6, 6.07) is 18.2. The number of thiophene rings is 1. The minimum absolute atomic E-state index is 0. The molecular weight excluding hydrogens is 286 g/mol. The zero-order chi connectivity index (χ0) is 14.2. The maximum Gasteiger partial charge on any atom is 0.0415 e.